The maximum atomic E-state index is 11.4. The standard InChI is InChI=1S/C9H17NO2.C6H7NO2/c1-9(2,3)12-8(11)10-6-4-5-7-10;8-4-5-3-6(9)1-2-7-5/h4-7H2,1-3H3;1-3,8H,4H2,(H,7,9). The Morgan fingerprint density at radius 1 is 1.38 bits per heavy atom. The van der Waals surface area contributed by atoms with Crippen LogP contribution in [0.25, 0.3) is 0 Å². The number of H-pyrrole nitrogens is 1. The molecule has 2 heterocycles. The average molecular weight is 296 g/mol. The molecule has 2 N–H and O–H groups in total. The number of aliphatic hydroxyl groups excluding tert-OH is 1. The van der Waals surface area contributed by atoms with Gasteiger partial charge < -0.3 is 19.7 Å². The molecule has 0 unspecified atom stereocenters. The molecule has 1 aliphatic rings. The number of hydrogen-bond acceptors (Lipinski definition) is 4. The van der Waals surface area contributed by atoms with Crippen LogP contribution in [0.1, 0.15) is 39.3 Å². The highest BCUT2D eigenvalue weighted by Crippen LogP contribution is 2.14. The molecule has 1 saturated heterocycles. The zero-order chi connectivity index (χ0) is 15.9. The monoisotopic (exact) mass is 296 g/mol. The van der Waals surface area contributed by atoms with Gasteiger partial charge in [0, 0.05) is 37.1 Å². The van der Waals surface area contributed by atoms with E-state index in [0.29, 0.717) is 5.69 Å². The third kappa shape index (κ3) is 6.94. The number of nitrogens with one attached hydrogen (secondary N) is 1. The molecule has 6 nitrogen and oxygen atoms in total. The zero-order valence-corrected chi connectivity index (χ0v) is 12.9. The Balaban J connectivity index is 0.000000219. The van der Waals surface area contributed by atoms with Crippen molar-refractivity contribution in [1.29, 1.82) is 0 Å². The lowest BCUT2D eigenvalue weighted by atomic mass is 10.2. The summed E-state index contributed by atoms with van der Waals surface area (Å²) in [7, 11) is 0. The molecule has 1 aromatic heterocycles. The normalized spacial score (nSPS) is 14.4. The van der Waals surface area contributed by atoms with Gasteiger partial charge in [0.15, 0.2) is 5.43 Å². The molecule has 1 aliphatic heterocycles. The van der Waals surface area contributed by atoms with Crippen molar-refractivity contribution in [1.82, 2.24) is 9.88 Å². The molecule has 0 atom stereocenters. The van der Waals surface area contributed by atoms with Crippen molar-refractivity contribution in [2.24, 2.45) is 0 Å². The first-order valence-corrected chi connectivity index (χ1v) is 7.08. The molecule has 0 aliphatic carbocycles. The van der Waals surface area contributed by atoms with E-state index in [2.05, 4.69) is 4.98 Å². The summed E-state index contributed by atoms with van der Waals surface area (Å²) in [6.07, 6.45) is 3.56. The molecule has 2 rings (SSSR count). The van der Waals surface area contributed by atoms with E-state index < -0.39 is 0 Å². The Labute approximate surface area is 124 Å². The van der Waals surface area contributed by atoms with Crippen molar-refractivity contribution in [3.8, 4) is 0 Å². The third-order valence-corrected chi connectivity index (χ3v) is 2.76. The lowest BCUT2D eigenvalue weighted by molar-refractivity contribution is 0.0295. The molecule has 1 aromatic rings. The van der Waals surface area contributed by atoms with Gasteiger partial charge in [0.25, 0.3) is 0 Å². The van der Waals surface area contributed by atoms with E-state index >= 15 is 0 Å². The van der Waals surface area contributed by atoms with Gasteiger partial charge in [0.2, 0.25) is 0 Å². The van der Waals surface area contributed by atoms with E-state index in [4.69, 9.17) is 9.84 Å². The second kappa shape index (κ2) is 7.83. The Bertz CT molecular complexity index is 499. The first-order valence-electron chi connectivity index (χ1n) is 7.08. The van der Waals surface area contributed by atoms with Gasteiger partial charge in [-0.15, -0.1) is 0 Å². The molecule has 0 aromatic carbocycles. The van der Waals surface area contributed by atoms with Crippen LogP contribution >= 0.6 is 0 Å². The van der Waals surface area contributed by atoms with Crippen LogP contribution in [0.3, 0.4) is 0 Å². The minimum atomic E-state index is -0.361. The fraction of sp³-hybridized carbons (Fsp3) is 0.600. The van der Waals surface area contributed by atoms with E-state index in [1.54, 1.807) is 4.90 Å². The van der Waals surface area contributed by atoms with Crippen molar-refractivity contribution in [2.75, 3.05) is 13.1 Å². The van der Waals surface area contributed by atoms with E-state index in [-0.39, 0.29) is 23.7 Å². The molecule has 21 heavy (non-hydrogen) atoms. The summed E-state index contributed by atoms with van der Waals surface area (Å²) in [5, 5.41) is 8.49. The zero-order valence-electron chi connectivity index (χ0n) is 12.9. The van der Waals surface area contributed by atoms with Gasteiger partial charge in [-0.25, -0.2) is 4.79 Å². The Morgan fingerprint density at radius 2 is 2.00 bits per heavy atom. The smallest absolute Gasteiger partial charge is 0.410 e. The van der Waals surface area contributed by atoms with Gasteiger partial charge in [-0.2, -0.15) is 0 Å². The van der Waals surface area contributed by atoms with Gasteiger partial charge in [-0.1, -0.05) is 0 Å². The summed E-state index contributed by atoms with van der Waals surface area (Å²) in [6.45, 7) is 7.27. The van der Waals surface area contributed by atoms with Gasteiger partial charge >= 0.3 is 6.09 Å². The largest absolute Gasteiger partial charge is 0.444 e. The van der Waals surface area contributed by atoms with Crippen LogP contribution in [0, 0.1) is 0 Å². The highest BCUT2D eigenvalue weighted by Gasteiger charge is 2.23. The van der Waals surface area contributed by atoms with Gasteiger partial charge in [0.05, 0.1) is 6.61 Å². The lowest BCUT2D eigenvalue weighted by Gasteiger charge is -2.23. The number of aromatic amines is 1. The van der Waals surface area contributed by atoms with Crippen molar-refractivity contribution in [3.05, 3.63) is 34.2 Å². The highest BCUT2D eigenvalue weighted by molar-refractivity contribution is 5.68. The molecule has 0 saturated carbocycles. The Hall–Kier alpha value is -1.82. The maximum absolute atomic E-state index is 11.4. The molecular formula is C15H24N2O4. The van der Waals surface area contributed by atoms with E-state index in [1.807, 2.05) is 20.8 Å². The second-order valence-corrected chi connectivity index (χ2v) is 5.88. The van der Waals surface area contributed by atoms with Crippen molar-refractivity contribution >= 4 is 6.09 Å². The van der Waals surface area contributed by atoms with Crippen LogP contribution in [0.4, 0.5) is 4.79 Å². The third-order valence-electron chi connectivity index (χ3n) is 2.76. The maximum Gasteiger partial charge on any atom is 0.410 e. The summed E-state index contributed by atoms with van der Waals surface area (Å²) in [5.41, 5.74) is 0.0972. The predicted octanol–water partition coefficient (Wildman–Crippen LogP) is 1.88. The predicted molar refractivity (Wildman–Crippen MR) is 80.0 cm³/mol. The number of ether oxygens (including phenoxy) is 1. The Morgan fingerprint density at radius 3 is 2.43 bits per heavy atom. The summed E-state index contributed by atoms with van der Waals surface area (Å²) in [4.78, 5) is 26.4. The summed E-state index contributed by atoms with van der Waals surface area (Å²) >= 11 is 0. The van der Waals surface area contributed by atoms with Crippen LogP contribution in [-0.2, 0) is 11.3 Å². The number of amides is 1. The number of rotatable bonds is 1. The summed E-state index contributed by atoms with van der Waals surface area (Å²) in [6, 6.07) is 2.76. The molecule has 1 amide bonds. The summed E-state index contributed by atoms with van der Waals surface area (Å²) in [5.74, 6) is 0. The number of pyridine rings is 1. The van der Waals surface area contributed by atoms with Gasteiger partial charge in [0.1, 0.15) is 5.60 Å². The topological polar surface area (TPSA) is 82.6 Å². The second-order valence-electron chi connectivity index (χ2n) is 5.88. The molecule has 6 heteroatoms. The number of hydrogen-bond donors (Lipinski definition) is 2. The fourth-order valence-corrected chi connectivity index (χ4v) is 1.81. The van der Waals surface area contributed by atoms with Crippen LogP contribution in [-0.4, -0.2) is 39.8 Å². The molecular weight excluding hydrogens is 272 g/mol. The summed E-state index contributed by atoms with van der Waals surface area (Å²) < 4.78 is 5.21. The average Bonchev–Trinajstić information content (AvgIpc) is 2.91. The lowest BCUT2D eigenvalue weighted by Crippen LogP contribution is -2.34. The van der Waals surface area contributed by atoms with Crippen LogP contribution < -0.4 is 5.43 Å². The van der Waals surface area contributed by atoms with E-state index in [9.17, 15) is 9.59 Å². The number of likely N-dealkylation sites (tertiary alicyclic amines) is 1. The van der Waals surface area contributed by atoms with Crippen LogP contribution in [0.15, 0.2) is 23.1 Å². The number of aliphatic hydroxyl groups is 1. The van der Waals surface area contributed by atoms with Gasteiger partial charge in [-0.05, 0) is 33.6 Å². The number of aromatic nitrogens is 1. The Kier molecular flexibility index (Phi) is 6.42. The van der Waals surface area contributed by atoms with Gasteiger partial charge in [-0.3, -0.25) is 4.79 Å². The highest BCUT2D eigenvalue weighted by atomic mass is 16.6. The first kappa shape index (κ1) is 17.2. The van der Waals surface area contributed by atoms with Crippen molar-refractivity contribution in [2.45, 2.75) is 45.8 Å². The molecule has 1 fully saturated rings. The van der Waals surface area contributed by atoms with Crippen LogP contribution in [0.5, 0.6) is 0 Å². The number of nitrogens with zero attached hydrogens (tertiary/aromatic N) is 1. The molecule has 0 radical (unpaired) electrons. The molecule has 0 spiro atoms. The molecule has 0 bridgehead atoms. The van der Waals surface area contributed by atoms with Crippen molar-refractivity contribution < 1.29 is 14.6 Å². The number of carbonyl (C=O) groups is 1. The van der Waals surface area contributed by atoms with E-state index in [1.165, 1.54) is 18.3 Å². The first-order chi connectivity index (χ1) is 9.81. The number of carbonyl (C=O) groups excluding carboxylic acids is 1. The quantitative estimate of drug-likeness (QED) is 0.829. The van der Waals surface area contributed by atoms with Crippen LogP contribution in [0.2, 0.25) is 0 Å². The minimum absolute atomic E-state index is 0.0854. The molecule has 118 valence electrons. The van der Waals surface area contributed by atoms with E-state index in [0.717, 1.165) is 25.9 Å². The SMILES string of the molecule is CC(C)(C)OC(=O)N1CCCC1.O=c1cc[nH]c(CO)c1. The fourth-order valence-electron chi connectivity index (χ4n) is 1.81. The van der Waals surface area contributed by atoms with Crippen molar-refractivity contribution in [3.63, 3.8) is 0 Å². The minimum Gasteiger partial charge on any atom is -0.444 e.